The van der Waals surface area contributed by atoms with Crippen LogP contribution in [0.3, 0.4) is 0 Å². The number of hydrogen-bond acceptors (Lipinski definition) is 3. The normalized spacial score (nSPS) is 16.9. The van der Waals surface area contributed by atoms with Gasteiger partial charge in [0.15, 0.2) is 6.10 Å². The summed E-state index contributed by atoms with van der Waals surface area (Å²) in [6.45, 7) is 1.99. The van der Waals surface area contributed by atoms with Gasteiger partial charge in [0.2, 0.25) is 0 Å². The van der Waals surface area contributed by atoms with E-state index in [4.69, 9.17) is 9.47 Å². The number of likely N-dealkylation sites (N-methyl/N-ethyl adjacent to an activating group) is 1. The van der Waals surface area contributed by atoms with E-state index < -0.39 is 6.10 Å². The summed E-state index contributed by atoms with van der Waals surface area (Å²) in [5.74, 6) is 1.58. The number of nitrogens with zero attached hydrogens (tertiary/aromatic N) is 1. The Morgan fingerprint density at radius 3 is 2.32 bits per heavy atom. The molecule has 1 saturated carbocycles. The van der Waals surface area contributed by atoms with Crippen molar-refractivity contribution in [1.82, 2.24) is 4.90 Å². The third-order valence-electron chi connectivity index (χ3n) is 4.45. The molecule has 0 saturated heterocycles. The second-order valence-electron chi connectivity index (χ2n) is 5.93. The van der Waals surface area contributed by atoms with Crippen molar-refractivity contribution in [2.75, 3.05) is 14.2 Å². The number of methoxy groups -OCH3 is 1. The van der Waals surface area contributed by atoms with Crippen molar-refractivity contribution < 1.29 is 14.3 Å². The fourth-order valence-electron chi connectivity index (χ4n) is 3.00. The number of rotatable bonds is 6. The molecule has 4 heteroatoms. The zero-order valence-corrected chi connectivity index (χ0v) is 13.9. The van der Waals surface area contributed by atoms with E-state index in [1.54, 1.807) is 7.11 Å². The van der Waals surface area contributed by atoms with Crippen molar-refractivity contribution in [3.05, 3.63) is 24.3 Å². The molecule has 0 aromatic heterocycles. The Kier molecular flexibility index (Phi) is 6.10. The highest BCUT2D eigenvalue weighted by atomic mass is 16.5. The van der Waals surface area contributed by atoms with Gasteiger partial charge in [-0.25, -0.2) is 0 Å². The quantitative estimate of drug-likeness (QED) is 0.805. The Bertz CT molecular complexity index is 466. The smallest absolute Gasteiger partial charge is 0.263 e. The molecule has 0 aliphatic heterocycles. The average molecular weight is 305 g/mol. The lowest BCUT2D eigenvalue weighted by atomic mass is 9.94. The van der Waals surface area contributed by atoms with Gasteiger partial charge in [-0.1, -0.05) is 26.2 Å². The Morgan fingerprint density at radius 1 is 1.18 bits per heavy atom. The SMILES string of the molecule is CCC(Oc1ccc(OC)cc1)C(=O)N(C)C1CCCCC1. The predicted molar refractivity (Wildman–Crippen MR) is 87.3 cm³/mol. The third kappa shape index (κ3) is 4.15. The highest BCUT2D eigenvalue weighted by Gasteiger charge is 2.28. The summed E-state index contributed by atoms with van der Waals surface area (Å²) >= 11 is 0. The van der Waals surface area contributed by atoms with E-state index in [1.807, 2.05) is 43.1 Å². The molecule has 0 radical (unpaired) electrons. The van der Waals surface area contributed by atoms with Gasteiger partial charge >= 0.3 is 0 Å². The van der Waals surface area contributed by atoms with Crippen molar-refractivity contribution >= 4 is 5.91 Å². The second-order valence-corrected chi connectivity index (χ2v) is 5.93. The van der Waals surface area contributed by atoms with Crippen molar-refractivity contribution in [1.29, 1.82) is 0 Å². The topological polar surface area (TPSA) is 38.8 Å². The van der Waals surface area contributed by atoms with Crippen LogP contribution in [0.4, 0.5) is 0 Å². The number of benzene rings is 1. The highest BCUT2D eigenvalue weighted by molar-refractivity contribution is 5.81. The first kappa shape index (κ1) is 16.7. The number of carbonyl (C=O) groups is 1. The van der Waals surface area contributed by atoms with Crippen LogP contribution in [0.5, 0.6) is 11.5 Å². The van der Waals surface area contributed by atoms with Crippen molar-refractivity contribution in [3.8, 4) is 11.5 Å². The van der Waals surface area contributed by atoms with Crippen LogP contribution in [0.15, 0.2) is 24.3 Å². The van der Waals surface area contributed by atoms with E-state index in [0.717, 1.165) is 18.6 Å². The molecule has 4 nitrogen and oxygen atoms in total. The summed E-state index contributed by atoms with van der Waals surface area (Å²) in [6.07, 6.45) is 6.21. The minimum atomic E-state index is -0.416. The molecule has 1 aliphatic rings. The average Bonchev–Trinajstić information content (AvgIpc) is 2.59. The summed E-state index contributed by atoms with van der Waals surface area (Å²) in [4.78, 5) is 14.6. The van der Waals surface area contributed by atoms with Crippen LogP contribution in [0.25, 0.3) is 0 Å². The van der Waals surface area contributed by atoms with Crippen LogP contribution in [-0.2, 0) is 4.79 Å². The molecule has 2 rings (SSSR count). The van der Waals surface area contributed by atoms with Crippen LogP contribution < -0.4 is 9.47 Å². The highest BCUT2D eigenvalue weighted by Crippen LogP contribution is 2.24. The van der Waals surface area contributed by atoms with Crippen molar-refractivity contribution in [3.63, 3.8) is 0 Å². The molecule has 1 aromatic rings. The molecule has 0 heterocycles. The standard InChI is InChI=1S/C18H27NO3/c1-4-17(22-16-12-10-15(21-3)11-13-16)18(20)19(2)14-8-6-5-7-9-14/h10-14,17H,4-9H2,1-3H3. The predicted octanol–water partition coefficient (Wildman–Crippen LogP) is 3.64. The van der Waals surface area contributed by atoms with Crippen LogP contribution >= 0.6 is 0 Å². The molecule has 1 aliphatic carbocycles. The summed E-state index contributed by atoms with van der Waals surface area (Å²) in [5, 5.41) is 0. The van der Waals surface area contributed by atoms with E-state index in [0.29, 0.717) is 18.2 Å². The van der Waals surface area contributed by atoms with E-state index in [-0.39, 0.29) is 5.91 Å². The first-order valence-corrected chi connectivity index (χ1v) is 8.23. The fourth-order valence-corrected chi connectivity index (χ4v) is 3.00. The molecule has 0 spiro atoms. The van der Waals surface area contributed by atoms with Crippen LogP contribution in [-0.4, -0.2) is 37.1 Å². The van der Waals surface area contributed by atoms with Gasteiger partial charge in [0.25, 0.3) is 5.91 Å². The van der Waals surface area contributed by atoms with Gasteiger partial charge in [-0.2, -0.15) is 0 Å². The van der Waals surface area contributed by atoms with Crippen LogP contribution in [0.2, 0.25) is 0 Å². The molecule has 0 bridgehead atoms. The summed E-state index contributed by atoms with van der Waals surface area (Å²) in [5.41, 5.74) is 0. The van der Waals surface area contributed by atoms with Gasteiger partial charge in [0.1, 0.15) is 11.5 Å². The van der Waals surface area contributed by atoms with E-state index in [9.17, 15) is 4.79 Å². The Labute approximate surface area is 133 Å². The minimum Gasteiger partial charge on any atom is -0.497 e. The third-order valence-corrected chi connectivity index (χ3v) is 4.45. The largest absolute Gasteiger partial charge is 0.497 e. The monoisotopic (exact) mass is 305 g/mol. The van der Waals surface area contributed by atoms with Crippen LogP contribution in [0.1, 0.15) is 45.4 Å². The minimum absolute atomic E-state index is 0.0882. The molecule has 1 amide bonds. The Morgan fingerprint density at radius 2 is 1.77 bits per heavy atom. The number of amides is 1. The number of ether oxygens (including phenoxy) is 2. The molecule has 122 valence electrons. The van der Waals surface area contributed by atoms with Gasteiger partial charge in [-0.3, -0.25) is 4.79 Å². The molecule has 0 N–H and O–H groups in total. The maximum Gasteiger partial charge on any atom is 0.263 e. The molecular formula is C18H27NO3. The van der Waals surface area contributed by atoms with Crippen LogP contribution in [0, 0.1) is 0 Å². The summed E-state index contributed by atoms with van der Waals surface area (Å²) in [6, 6.07) is 7.74. The van der Waals surface area contributed by atoms with Gasteiger partial charge < -0.3 is 14.4 Å². The van der Waals surface area contributed by atoms with Gasteiger partial charge in [-0.05, 0) is 43.5 Å². The fraction of sp³-hybridized carbons (Fsp3) is 0.611. The molecule has 1 unspecified atom stereocenters. The lowest BCUT2D eigenvalue weighted by molar-refractivity contribution is -0.140. The molecule has 1 atom stereocenters. The van der Waals surface area contributed by atoms with Gasteiger partial charge in [0.05, 0.1) is 7.11 Å². The summed E-state index contributed by atoms with van der Waals surface area (Å²) < 4.78 is 11.0. The number of carbonyl (C=O) groups excluding carboxylic acids is 1. The van der Waals surface area contributed by atoms with Gasteiger partial charge in [-0.15, -0.1) is 0 Å². The zero-order chi connectivity index (χ0) is 15.9. The molecule has 1 fully saturated rings. The Hall–Kier alpha value is -1.71. The van der Waals surface area contributed by atoms with Crippen molar-refractivity contribution in [2.45, 2.75) is 57.6 Å². The van der Waals surface area contributed by atoms with Gasteiger partial charge in [0, 0.05) is 13.1 Å². The molecule has 22 heavy (non-hydrogen) atoms. The molecular weight excluding hydrogens is 278 g/mol. The lowest BCUT2D eigenvalue weighted by Gasteiger charge is -2.33. The van der Waals surface area contributed by atoms with E-state index in [2.05, 4.69) is 0 Å². The zero-order valence-electron chi connectivity index (χ0n) is 13.9. The van der Waals surface area contributed by atoms with E-state index in [1.165, 1.54) is 19.3 Å². The maximum absolute atomic E-state index is 12.7. The van der Waals surface area contributed by atoms with Crippen molar-refractivity contribution in [2.24, 2.45) is 0 Å². The van der Waals surface area contributed by atoms with E-state index >= 15 is 0 Å². The first-order chi connectivity index (χ1) is 10.7. The first-order valence-electron chi connectivity index (χ1n) is 8.23. The second kappa shape index (κ2) is 8.06. The summed E-state index contributed by atoms with van der Waals surface area (Å²) in [7, 11) is 3.55. The number of hydrogen-bond donors (Lipinski definition) is 0. The molecule has 1 aromatic carbocycles. The Balaban J connectivity index is 1.98. The maximum atomic E-state index is 12.7. The lowest BCUT2D eigenvalue weighted by Crippen LogP contribution is -2.45.